The number of aryl methyl sites for hydroxylation is 2. The molecule has 0 saturated carbocycles. The summed E-state index contributed by atoms with van der Waals surface area (Å²) in [7, 11) is 0.563. The van der Waals surface area contributed by atoms with Crippen LogP contribution in [-0.4, -0.2) is 38.8 Å². The van der Waals surface area contributed by atoms with Crippen LogP contribution in [0.5, 0.6) is 11.5 Å². The number of ether oxygens (including phenoxy) is 1. The first-order chi connectivity index (χ1) is 13.7. The highest BCUT2D eigenvalue weighted by Gasteiger charge is 2.25. The molecule has 0 aliphatic rings. The highest BCUT2D eigenvalue weighted by molar-refractivity contribution is 7.53. The van der Waals surface area contributed by atoms with Gasteiger partial charge in [-0.1, -0.05) is 6.07 Å². The van der Waals surface area contributed by atoms with Crippen molar-refractivity contribution in [3.05, 3.63) is 52.6 Å². The molecule has 0 aliphatic heterocycles. The first kappa shape index (κ1) is 23.3. The number of anilines is 1. The number of aromatic hydroxyl groups is 1. The van der Waals surface area contributed by atoms with Gasteiger partial charge in [0.25, 0.3) is 0 Å². The molecule has 0 radical (unpaired) electrons. The van der Waals surface area contributed by atoms with Crippen LogP contribution in [-0.2, 0) is 20.0 Å². The second kappa shape index (κ2) is 10.1. The van der Waals surface area contributed by atoms with Gasteiger partial charge in [-0.3, -0.25) is 4.57 Å². The molecule has 0 heterocycles. The lowest BCUT2D eigenvalue weighted by molar-refractivity contribution is 0.197. The minimum absolute atomic E-state index is 0.114. The molecule has 0 atom stereocenters. The van der Waals surface area contributed by atoms with E-state index in [9.17, 15) is 9.67 Å². The number of nitrogens with zero attached hydrogens (tertiary/aromatic N) is 1. The molecule has 29 heavy (non-hydrogen) atoms. The molecule has 0 aliphatic carbocycles. The Labute approximate surface area is 173 Å². The van der Waals surface area contributed by atoms with E-state index in [-0.39, 0.29) is 12.1 Å². The summed E-state index contributed by atoms with van der Waals surface area (Å²) < 4.78 is 28.9. The molecule has 160 valence electrons. The molecule has 0 saturated heterocycles. The van der Waals surface area contributed by atoms with E-state index in [1.807, 2.05) is 57.1 Å². The van der Waals surface area contributed by atoms with Crippen molar-refractivity contribution in [3.63, 3.8) is 0 Å². The molecule has 0 spiro atoms. The molecular weight excluding hydrogens is 389 g/mol. The molecular formula is C22H32NO5P. The molecule has 6 nitrogen and oxygen atoms in total. The number of benzene rings is 2. The zero-order valence-corrected chi connectivity index (χ0v) is 19.1. The molecule has 2 aromatic carbocycles. The molecule has 0 bridgehead atoms. The Morgan fingerprint density at radius 3 is 2.10 bits per heavy atom. The zero-order chi connectivity index (χ0) is 21.6. The fourth-order valence-electron chi connectivity index (χ4n) is 3.22. The van der Waals surface area contributed by atoms with Gasteiger partial charge in [0.1, 0.15) is 11.5 Å². The second-order valence-electron chi connectivity index (χ2n) is 7.15. The van der Waals surface area contributed by atoms with Gasteiger partial charge in [0.15, 0.2) is 6.35 Å². The zero-order valence-electron chi connectivity index (χ0n) is 18.2. The Morgan fingerprint density at radius 1 is 1.00 bits per heavy atom. The summed E-state index contributed by atoms with van der Waals surface area (Å²) >= 11 is 0. The summed E-state index contributed by atoms with van der Waals surface area (Å²) in [6, 6.07) is 9.55. The van der Waals surface area contributed by atoms with Crippen molar-refractivity contribution < 1.29 is 23.5 Å². The second-order valence-corrected chi connectivity index (χ2v) is 9.15. The van der Waals surface area contributed by atoms with Crippen LogP contribution in [0.15, 0.2) is 30.3 Å². The molecule has 0 aromatic heterocycles. The lowest BCUT2D eigenvalue weighted by Gasteiger charge is -2.19. The van der Waals surface area contributed by atoms with Crippen LogP contribution in [0, 0.1) is 13.8 Å². The molecule has 7 heteroatoms. The van der Waals surface area contributed by atoms with Crippen LogP contribution in [0.4, 0.5) is 5.69 Å². The smallest absolute Gasteiger partial charge is 0.367 e. The molecule has 0 fully saturated rings. The van der Waals surface area contributed by atoms with Crippen LogP contribution < -0.4 is 9.64 Å². The molecule has 0 unspecified atom stereocenters. The maximum absolute atomic E-state index is 12.6. The van der Waals surface area contributed by atoms with Gasteiger partial charge >= 0.3 is 7.60 Å². The van der Waals surface area contributed by atoms with Crippen molar-refractivity contribution in [3.8, 4) is 11.5 Å². The molecule has 0 amide bonds. The van der Waals surface area contributed by atoms with E-state index in [4.69, 9.17) is 13.8 Å². The van der Waals surface area contributed by atoms with Gasteiger partial charge in [-0.25, -0.2) is 0 Å². The van der Waals surface area contributed by atoms with Gasteiger partial charge in [0, 0.05) is 14.1 Å². The van der Waals surface area contributed by atoms with E-state index < -0.39 is 7.60 Å². The van der Waals surface area contributed by atoms with Gasteiger partial charge in [-0.2, -0.15) is 0 Å². The van der Waals surface area contributed by atoms with Crippen molar-refractivity contribution in [1.82, 2.24) is 0 Å². The van der Waals surface area contributed by atoms with Crippen molar-refractivity contribution in [2.45, 2.75) is 34.1 Å². The normalized spacial score (nSPS) is 11.5. The van der Waals surface area contributed by atoms with Crippen LogP contribution in [0.3, 0.4) is 0 Å². The minimum atomic E-state index is -3.25. The van der Waals surface area contributed by atoms with E-state index in [1.165, 1.54) is 5.56 Å². The van der Waals surface area contributed by atoms with E-state index in [0.717, 1.165) is 28.8 Å². The fraction of sp³-hybridized carbons (Fsp3) is 0.455. The van der Waals surface area contributed by atoms with E-state index >= 15 is 0 Å². The quantitative estimate of drug-likeness (QED) is 0.527. The fourth-order valence-corrected chi connectivity index (χ4v) is 4.53. The van der Waals surface area contributed by atoms with E-state index in [1.54, 1.807) is 19.9 Å². The third kappa shape index (κ3) is 6.23. The molecule has 2 rings (SSSR count). The van der Waals surface area contributed by atoms with Crippen molar-refractivity contribution in [2.24, 2.45) is 0 Å². The Balaban J connectivity index is 2.19. The third-order valence-corrected chi connectivity index (χ3v) is 6.36. The average Bonchev–Trinajstić information content (AvgIpc) is 2.64. The Hall–Kier alpha value is -2.01. The van der Waals surface area contributed by atoms with Crippen LogP contribution in [0.1, 0.15) is 36.1 Å². The SMILES string of the molecule is CCOP(=O)(COc1cc(C)c(Cc2ccc(O)c(N(C)C)c2)c(C)c1)OCC. The summed E-state index contributed by atoms with van der Waals surface area (Å²) in [5.41, 5.74) is 5.28. The van der Waals surface area contributed by atoms with Crippen molar-refractivity contribution >= 4 is 13.3 Å². The highest BCUT2D eigenvalue weighted by atomic mass is 31.2. The first-order valence-electron chi connectivity index (χ1n) is 9.79. The molecule has 1 N–H and O–H groups in total. The van der Waals surface area contributed by atoms with Gasteiger partial charge in [-0.15, -0.1) is 0 Å². The Kier molecular flexibility index (Phi) is 8.14. The minimum Gasteiger partial charge on any atom is -0.506 e. The first-order valence-corrected chi connectivity index (χ1v) is 11.5. The third-order valence-electron chi connectivity index (χ3n) is 4.61. The summed E-state index contributed by atoms with van der Waals surface area (Å²) in [5, 5.41) is 10.0. The summed E-state index contributed by atoms with van der Waals surface area (Å²) in [4.78, 5) is 1.89. The monoisotopic (exact) mass is 421 g/mol. The standard InChI is InChI=1S/C22H32NO5P/c1-7-27-29(25,28-8-2)15-26-19-11-16(3)20(17(4)12-19)13-18-9-10-22(24)21(14-18)23(5)6/h9-12,14,24H,7-8,13,15H2,1-6H3. The lowest BCUT2D eigenvalue weighted by Crippen LogP contribution is -2.09. The van der Waals surface area contributed by atoms with Gasteiger partial charge in [0.05, 0.1) is 18.9 Å². The number of hydrogen-bond acceptors (Lipinski definition) is 6. The Morgan fingerprint density at radius 2 is 1.59 bits per heavy atom. The summed E-state index contributed by atoms with van der Waals surface area (Å²) in [5.74, 6) is 0.909. The van der Waals surface area contributed by atoms with Crippen LogP contribution >= 0.6 is 7.60 Å². The van der Waals surface area contributed by atoms with Gasteiger partial charge in [0.2, 0.25) is 0 Å². The number of rotatable bonds is 10. The van der Waals surface area contributed by atoms with E-state index in [0.29, 0.717) is 19.0 Å². The van der Waals surface area contributed by atoms with Gasteiger partial charge < -0.3 is 23.8 Å². The maximum Gasteiger partial charge on any atom is 0.367 e. The van der Waals surface area contributed by atoms with Crippen molar-refractivity contribution in [2.75, 3.05) is 38.6 Å². The number of phenols is 1. The summed E-state index contributed by atoms with van der Waals surface area (Å²) in [6.45, 7) is 8.23. The van der Waals surface area contributed by atoms with E-state index in [2.05, 4.69) is 0 Å². The molecule has 2 aromatic rings. The van der Waals surface area contributed by atoms with Crippen LogP contribution in [0.2, 0.25) is 0 Å². The predicted octanol–water partition coefficient (Wildman–Crippen LogP) is 5.27. The number of hydrogen-bond donors (Lipinski definition) is 1. The number of phenolic OH excluding ortho intramolecular Hbond substituents is 1. The van der Waals surface area contributed by atoms with Crippen LogP contribution in [0.25, 0.3) is 0 Å². The van der Waals surface area contributed by atoms with Crippen molar-refractivity contribution in [1.29, 1.82) is 0 Å². The Bertz CT molecular complexity index is 848. The average molecular weight is 421 g/mol. The van der Waals surface area contributed by atoms with Gasteiger partial charge in [-0.05, 0) is 80.6 Å². The summed E-state index contributed by atoms with van der Waals surface area (Å²) in [6.07, 6.45) is 0.631. The topological polar surface area (TPSA) is 68.2 Å². The predicted molar refractivity (Wildman–Crippen MR) is 118 cm³/mol. The lowest BCUT2D eigenvalue weighted by atomic mass is 9.95. The largest absolute Gasteiger partial charge is 0.506 e. The highest BCUT2D eigenvalue weighted by Crippen LogP contribution is 2.48. The maximum atomic E-state index is 12.6.